The van der Waals surface area contributed by atoms with Crippen molar-refractivity contribution in [3.8, 4) is 5.69 Å². The van der Waals surface area contributed by atoms with E-state index in [4.69, 9.17) is 5.73 Å². The van der Waals surface area contributed by atoms with Gasteiger partial charge in [0, 0.05) is 10.2 Å². The van der Waals surface area contributed by atoms with Crippen molar-refractivity contribution in [3.63, 3.8) is 0 Å². The zero-order valence-corrected chi connectivity index (χ0v) is 10.9. The van der Waals surface area contributed by atoms with E-state index in [-0.39, 0.29) is 5.56 Å². The van der Waals surface area contributed by atoms with Gasteiger partial charge in [0.25, 0.3) is 5.56 Å². The molecular weight excluding hydrogens is 294 g/mol. The predicted molar refractivity (Wildman–Crippen MR) is 76.0 cm³/mol. The van der Waals surface area contributed by atoms with Crippen LogP contribution in [-0.4, -0.2) is 9.78 Å². The standard InChI is InChI=1S/C13H10BrN3O/c14-8-4-1-2-6-10(8)17-11-7-3-5-9(15)12(11)13(18)16-17/h1-7H,15H2,(H,16,18). The Morgan fingerprint density at radius 1 is 1.11 bits per heavy atom. The smallest absolute Gasteiger partial charge is 0.274 e. The van der Waals surface area contributed by atoms with Crippen molar-refractivity contribution in [3.05, 3.63) is 57.3 Å². The number of H-pyrrole nitrogens is 1. The Labute approximate surface area is 111 Å². The number of aromatic nitrogens is 2. The average Bonchev–Trinajstić information content (AvgIpc) is 2.69. The molecule has 3 aromatic rings. The Kier molecular flexibility index (Phi) is 2.48. The Hall–Kier alpha value is -2.01. The van der Waals surface area contributed by atoms with Crippen molar-refractivity contribution in [2.45, 2.75) is 0 Å². The maximum atomic E-state index is 11.9. The van der Waals surface area contributed by atoms with E-state index in [2.05, 4.69) is 21.0 Å². The largest absolute Gasteiger partial charge is 0.398 e. The molecule has 4 nitrogen and oxygen atoms in total. The lowest BCUT2D eigenvalue weighted by molar-refractivity contribution is 0.887. The molecule has 18 heavy (non-hydrogen) atoms. The molecule has 0 unspecified atom stereocenters. The third kappa shape index (κ3) is 1.55. The SMILES string of the molecule is Nc1cccc2c1c(=O)[nH]n2-c1ccccc1Br. The molecule has 1 aromatic heterocycles. The fraction of sp³-hybridized carbons (Fsp3) is 0. The number of rotatable bonds is 1. The molecule has 0 amide bonds. The first-order chi connectivity index (χ1) is 8.68. The number of nitrogens with one attached hydrogen (secondary N) is 1. The number of nitrogen functional groups attached to an aromatic ring is 1. The van der Waals surface area contributed by atoms with Crippen LogP contribution in [0.3, 0.4) is 0 Å². The maximum Gasteiger partial charge on any atom is 0.274 e. The van der Waals surface area contributed by atoms with Gasteiger partial charge in [0.2, 0.25) is 0 Å². The summed E-state index contributed by atoms with van der Waals surface area (Å²) in [7, 11) is 0. The number of halogens is 1. The van der Waals surface area contributed by atoms with E-state index < -0.39 is 0 Å². The number of anilines is 1. The third-order valence-electron chi connectivity index (χ3n) is 2.85. The fourth-order valence-electron chi connectivity index (χ4n) is 2.03. The Morgan fingerprint density at radius 3 is 2.67 bits per heavy atom. The zero-order chi connectivity index (χ0) is 12.7. The van der Waals surface area contributed by atoms with E-state index in [0.717, 1.165) is 15.7 Å². The van der Waals surface area contributed by atoms with E-state index >= 15 is 0 Å². The van der Waals surface area contributed by atoms with Gasteiger partial charge in [0.1, 0.15) is 0 Å². The third-order valence-corrected chi connectivity index (χ3v) is 3.52. The lowest BCUT2D eigenvalue weighted by Gasteiger charge is -2.06. The molecule has 3 N–H and O–H groups in total. The molecule has 1 heterocycles. The summed E-state index contributed by atoms with van der Waals surface area (Å²) in [5.41, 5.74) is 7.79. The highest BCUT2D eigenvalue weighted by Crippen LogP contribution is 2.24. The lowest BCUT2D eigenvalue weighted by atomic mass is 10.2. The summed E-state index contributed by atoms with van der Waals surface area (Å²) in [4.78, 5) is 11.9. The molecule has 0 saturated heterocycles. The summed E-state index contributed by atoms with van der Waals surface area (Å²) in [5, 5.41) is 3.32. The molecule has 0 radical (unpaired) electrons. The first-order valence-corrected chi connectivity index (χ1v) is 6.22. The first kappa shape index (κ1) is 11.1. The molecule has 0 aliphatic carbocycles. The second-order valence-electron chi connectivity index (χ2n) is 3.97. The van der Waals surface area contributed by atoms with Crippen molar-refractivity contribution in [2.24, 2.45) is 0 Å². The zero-order valence-electron chi connectivity index (χ0n) is 9.35. The van der Waals surface area contributed by atoms with Crippen LogP contribution in [0, 0.1) is 0 Å². The van der Waals surface area contributed by atoms with Crippen LogP contribution in [0.1, 0.15) is 0 Å². The highest BCUT2D eigenvalue weighted by Gasteiger charge is 2.11. The van der Waals surface area contributed by atoms with Crippen LogP contribution in [0.15, 0.2) is 51.7 Å². The minimum Gasteiger partial charge on any atom is -0.398 e. The molecule has 0 atom stereocenters. The van der Waals surface area contributed by atoms with E-state index in [1.54, 1.807) is 10.7 Å². The van der Waals surface area contributed by atoms with Gasteiger partial charge in [0.05, 0.1) is 16.6 Å². The van der Waals surface area contributed by atoms with Crippen LogP contribution in [0.2, 0.25) is 0 Å². The molecular formula is C13H10BrN3O. The normalized spacial score (nSPS) is 10.9. The van der Waals surface area contributed by atoms with Crippen molar-refractivity contribution in [1.29, 1.82) is 0 Å². The van der Waals surface area contributed by atoms with Crippen molar-refractivity contribution >= 4 is 32.5 Å². The van der Waals surface area contributed by atoms with Gasteiger partial charge in [-0.1, -0.05) is 18.2 Å². The highest BCUT2D eigenvalue weighted by molar-refractivity contribution is 9.10. The second kappa shape index (κ2) is 4.03. The molecule has 90 valence electrons. The van der Waals surface area contributed by atoms with Crippen molar-refractivity contribution in [1.82, 2.24) is 9.78 Å². The number of para-hydroxylation sites is 1. The van der Waals surface area contributed by atoms with Crippen LogP contribution >= 0.6 is 15.9 Å². The van der Waals surface area contributed by atoms with Gasteiger partial charge in [0.15, 0.2) is 0 Å². The summed E-state index contributed by atoms with van der Waals surface area (Å²) in [5.74, 6) is 0. The van der Waals surface area contributed by atoms with Crippen LogP contribution < -0.4 is 11.3 Å². The Balaban J connectivity index is 2.42. The molecule has 0 spiro atoms. The van der Waals surface area contributed by atoms with Crippen LogP contribution in [0.4, 0.5) is 5.69 Å². The molecule has 2 aromatic carbocycles. The summed E-state index contributed by atoms with van der Waals surface area (Å²) in [6.45, 7) is 0. The minimum absolute atomic E-state index is 0.182. The molecule has 0 saturated carbocycles. The molecule has 0 bridgehead atoms. The van der Waals surface area contributed by atoms with E-state index in [0.29, 0.717) is 11.1 Å². The lowest BCUT2D eigenvalue weighted by Crippen LogP contribution is -2.04. The summed E-state index contributed by atoms with van der Waals surface area (Å²) in [6.07, 6.45) is 0. The second-order valence-corrected chi connectivity index (χ2v) is 4.82. The summed E-state index contributed by atoms with van der Waals surface area (Å²) in [6, 6.07) is 13.1. The minimum atomic E-state index is -0.182. The number of benzene rings is 2. The Bertz CT molecular complexity index is 788. The predicted octanol–water partition coefficient (Wildman–Crippen LogP) is 2.66. The van der Waals surface area contributed by atoms with Crippen molar-refractivity contribution < 1.29 is 0 Å². The van der Waals surface area contributed by atoms with Gasteiger partial charge in [-0.05, 0) is 40.2 Å². The van der Waals surface area contributed by atoms with Gasteiger partial charge in [-0.15, -0.1) is 0 Å². The van der Waals surface area contributed by atoms with E-state index in [1.807, 2.05) is 36.4 Å². The number of fused-ring (bicyclic) bond motifs is 1. The molecule has 5 heteroatoms. The van der Waals surface area contributed by atoms with Gasteiger partial charge < -0.3 is 5.73 Å². The number of nitrogens with two attached hydrogens (primary N) is 1. The topological polar surface area (TPSA) is 63.8 Å². The number of hydrogen-bond donors (Lipinski definition) is 2. The van der Waals surface area contributed by atoms with E-state index in [1.165, 1.54) is 0 Å². The van der Waals surface area contributed by atoms with Gasteiger partial charge in [-0.2, -0.15) is 0 Å². The quantitative estimate of drug-likeness (QED) is 0.679. The average molecular weight is 304 g/mol. The van der Waals surface area contributed by atoms with Gasteiger partial charge in [-0.25, -0.2) is 0 Å². The van der Waals surface area contributed by atoms with Gasteiger partial charge in [-0.3, -0.25) is 14.6 Å². The van der Waals surface area contributed by atoms with Crippen LogP contribution in [-0.2, 0) is 0 Å². The Morgan fingerprint density at radius 2 is 1.89 bits per heavy atom. The fourth-order valence-corrected chi connectivity index (χ4v) is 2.49. The number of nitrogens with zero attached hydrogens (tertiary/aromatic N) is 1. The van der Waals surface area contributed by atoms with Gasteiger partial charge >= 0.3 is 0 Å². The van der Waals surface area contributed by atoms with Crippen molar-refractivity contribution in [2.75, 3.05) is 5.73 Å². The summed E-state index contributed by atoms with van der Waals surface area (Å²) >= 11 is 3.47. The number of aromatic amines is 1. The maximum absolute atomic E-state index is 11.9. The molecule has 0 aliphatic heterocycles. The first-order valence-electron chi connectivity index (χ1n) is 5.42. The molecule has 0 aliphatic rings. The van der Waals surface area contributed by atoms with Crippen LogP contribution in [0.25, 0.3) is 16.6 Å². The van der Waals surface area contributed by atoms with E-state index in [9.17, 15) is 4.79 Å². The monoisotopic (exact) mass is 303 g/mol. The molecule has 0 fully saturated rings. The number of hydrogen-bond acceptors (Lipinski definition) is 2. The highest BCUT2D eigenvalue weighted by atomic mass is 79.9. The van der Waals surface area contributed by atoms with Crippen LogP contribution in [0.5, 0.6) is 0 Å². The summed E-state index contributed by atoms with van der Waals surface area (Å²) < 4.78 is 2.64. The molecule has 3 rings (SSSR count).